The maximum atomic E-state index is 10.5. The molecule has 0 saturated heterocycles. The Labute approximate surface area is 96.5 Å². The number of carbonyl (C=O) groups is 1. The highest BCUT2D eigenvalue weighted by atomic mass is 35.5. The van der Waals surface area contributed by atoms with Gasteiger partial charge in [-0.25, -0.2) is 5.43 Å². The Hall–Kier alpha value is -1.26. The van der Waals surface area contributed by atoms with Crippen LogP contribution >= 0.6 is 23.2 Å². The van der Waals surface area contributed by atoms with Crippen molar-refractivity contribution in [2.45, 2.75) is 6.92 Å². The number of halogens is 2. The van der Waals surface area contributed by atoms with Crippen LogP contribution in [0.5, 0.6) is 5.75 Å². The molecule has 0 heterocycles. The Kier molecular flexibility index (Phi) is 3.94. The predicted octanol–water partition coefficient (Wildman–Crippen LogP) is 2.17. The normalized spacial score (nSPS) is 10.6. The highest BCUT2D eigenvalue weighted by Gasteiger charge is 2.05. The van der Waals surface area contributed by atoms with Gasteiger partial charge in [0.2, 0.25) is 5.91 Å². The SMILES string of the molecule is CC(=O)N/N=C\c1cc(Cl)cc(Cl)c1O. The fourth-order valence-electron chi connectivity index (χ4n) is 0.877. The first-order valence-electron chi connectivity index (χ1n) is 3.98. The molecule has 80 valence electrons. The van der Waals surface area contributed by atoms with Gasteiger partial charge in [0, 0.05) is 17.5 Å². The van der Waals surface area contributed by atoms with E-state index in [9.17, 15) is 9.90 Å². The molecule has 0 spiro atoms. The fourth-order valence-corrected chi connectivity index (χ4v) is 1.39. The third kappa shape index (κ3) is 3.42. The highest BCUT2D eigenvalue weighted by molar-refractivity contribution is 6.36. The molecule has 0 saturated carbocycles. The number of hydrogen-bond donors (Lipinski definition) is 2. The zero-order valence-electron chi connectivity index (χ0n) is 7.79. The first-order valence-corrected chi connectivity index (χ1v) is 4.74. The van der Waals surface area contributed by atoms with Crippen LogP contribution in [-0.2, 0) is 4.79 Å². The van der Waals surface area contributed by atoms with Crippen LogP contribution in [0.25, 0.3) is 0 Å². The summed E-state index contributed by atoms with van der Waals surface area (Å²) in [6.07, 6.45) is 1.26. The summed E-state index contributed by atoms with van der Waals surface area (Å²) in [5, 5.41) is 13.6. The molecule has 1 aromatic carbocycles. The molecule has 1 rings (SSSR count). The summed E-state index contributed by atoms with van der Waals surface area (Å²) < 4.78 is 0. The van der Waals surface area contributed by atoms with Crippen LogP contribution in [0, 0.1) is 0 Å². The molecule has 0 aliphatic rings. The molecule has 0 fully saturated rings. The van der Waals surface area contributed by atoms with Gasteiger partial charge in [-0.15, -0.1) is 0 Å². The average molecular weight is 247 g/mol. The number of aromatic hydroxyl groups is 1. The molecule has 4 nitrogen and oxygen atoms in total. The van der Waals surface area contributed by atoms with Crippen molar-refractivity contribution < 1.29 is 9.90 Å². The number of rotatable bonds is 2. The van der Waals surface area contributed by atoms with Gasteiger partial charge < -0.3 is 5.11 Å². The summed E-state index contributed by atoms with van der Waals surface area (Å²) in [6.45, 7) is 1.32. The zero-order valence-corrected chi connectivity index (χ0v) is 9.30. The van der Waals surface area contributed by atoms with Crippen LogP contribution in [0.3, 0.4) is 0 Å². The number of benzene rings is 1. The Balaban J connectivity index is 2.94. The van der Waals surface area contributed by atoms with E-state index in [1.54, 1.807) is 0 Å². The first-order chi connectivity index (χ1) is 7.00. The van der Waals surface area contributed by atoms with Gasteiger partial charge in [-0.05, 0) is 12.1 Å². The lowest BCUT2D eigenvalue weighted by atomic mass is 10.2. The lowest BCUT2D eigenvalue weighted by Gasteiger charge is -2.01. The van der Waals surface area contributed by atoms with Crippen LogP contribution in [0.15, 0.2) is 17.2 Å². The summed E-state index contributed by atoms with van der Waals surface area (Å²) in [5.41, 5.74) is 2.53. The first kappa shape index (κ1) is 11.8. The minimum Gasteiger partial charge on any atom is -0.506 e. The van der Waals surface area contributed by atoms with Crippen LogP contribution in [0.4, 0.5) is 0 Å². The molecule has 0 unspecified atom stereocenters. The molecule has 15 heavy (non-hydrogen) atoms. The van der Waals surface area contributed by atoms with Crippen molar-refractivity contribution in [3.8, 4) is 5.75 Å². The van der Waals surface area contributed by atoms with Gasteiger partial charge in [-0.1, -0.05) is 23.2 Å². The maximum Gasteiger partial charge on any atom is 0.236 e. The van der Waals surface area contributed by atoms with Crippen LogP contribution in [0.2, 0.25) is 10.0 Å². The summed E-state index contributed by atoms with van der Waals surface area (Å²) in [7, 11) is 0. The van der Waals surface area contributed by atoms with Gasteiger partial charge in [-0.2, -0.15) is 5.10 Å². The number of phenols is 1. The van der Waals surface area contributed by atoms with Crippen molar-refractivity contribution in [3.05, 3.63) is 27.7 Å². The van der Waals surface area contributed by atoms with E-state index in [4.69, 9.17) is 23.2 Å². The third-order valence-corrected chi connectivity index (χ3v) is 1.99. The van der Waals surface area contributed by atoms with Gasteiger partial charge >= 0.3 is 0 Å². The van der Waals surface area contributed by atoms with Gasteiger partial charge in [0.05, 0.1) is 11.2 Å². The Morgan fingerprint density at radius 3 is 2.80 bits per heavy atom. The predicted molar refractivity (Wildman–Crippen MR) is 59.5 cm³/mol. The molecular weight excluding hydrogens is 239 g/mol. The second kappa shape index (κ2) is 5.00. The van der Waals surface area contributed by atoms with E-state index >= 15 is 0 Å². The quantitative estimate of drug-likeness (QED) is 0.621. The van der Waals surface area contributed by atoms with Gasteiger partial charge in [0.25, 0.3) is 0 Å². The summed E-state index contributed by atoms with van der Waals surface area (Å²) >= 11 is 11.4. The number of hydrogen-bond acceptors (Lipinski definition) is 3. The van der Waals surface area contributed by atoms with Crippen LogP contribution < -0.4 is 5.43 Å². The molecule has 2 N–H and O–H groups in total. The third-order valence-electron chi connectivity index (χ3n) is 1.48. The lowest BCUT2D eigenvalue weighted by Crippen LogP contribution is -2.12. The van der Waals surface area contributed by atoms with Crippen molar-refractivity contribution in [3.63, 3.8) is 0 Å². The van der Waals surface area contributed by atoms with Gasteiger partial charge in [0.15, 0.2) is 0 Å². The van der Waals surface area contributed by atoms with Crippen molar-refractivity contribution in [2.75, 3.05) is 0 Å². The van der Waals surface area contributed by atoms with Crippen molar-refractivity contribution in [1.82, 2.24) is 5.43 Å². The van der Waals surface area contributed by atoms with E-state index in [0.717, 1.165) is 0 Å². The Morgan fingerprint density at radius 1 is 1.53 bits per heavy atom. The van der Waals surface area contributed by atoms with E-state index in [1.807, 2.05) is 0 Å². The zero-order chi connectivity index (χ0) is 11.4. The topological polar surface area (TPSA) is 61.7 Å². The Morgan fingerprint density at radius 2 is 2.20 bits per heavy atom. The number of hydrazone groups is 1. The second-order valence-corrected chi connectivity index (χ2v) is 3.60. The molecule has 0 aromatic heterocycles. The van der Waals surface area contributed by atoms with Crippen LogP contribution in [-0.4, -0.2) is 17.2 Å². The van der Waals surface area contributed by atoms with Crippen molar-refractivity contribution in [1.29, 1.82) is 0 Å². The molecule has 0 radical (unpaired) electrons. The molecule has 0 aliphatic carbocycles. The number of nitrogens with one attached hydrogen (secondary N) is 1. The second-order valence-electron chi connectivity index (χ2n) is 2.75. The molecule has 0 aliphatic heterocycles. The lowest BCUT2D eigenvalue weighted by molar-refractivity contribution is -0.118. The molecule has 1 aromatic rings. The van der Waals surface area contributed by atoms with Crippen LogP contribution in [0.1, 0.15) is 12.5 Å². The fraction of sp³-hybridized carbons (Fsp3) is 0.111. The summed E-state index contributed by atoms with van der Waals surface area (Å²) in [4.78, 5) is 10.5. The summed E-state index contributed by atoms with van der Waals surface area (Å²) in [5.74, 6) is -0.436. The largest absolute Gasteiger partial charge is 0.506 e. The molecule has 0 atom stereocenters. The van der Waals surface area contributed by atoms with Gasteiger partial charge in [0.1, 0.15) is 5.75 Å². The van der Waals surface area contributed by atoms with E-state index in [0.29, 0.717) is 10.6 Å². The van der Waals surface area contributed by atoms with Gasteiger partial charge in [-0.3, -0.25) is 4.79 Å². The number of phenolic OH excluding ortho intramolecular Hbond substituents is 1. The standard InChI is InChI=1S/C9H8Cl2N2O2/c1-5(14)13-12-4-6-2-7(10)3-8(11)9(6)15/h2-4,15H,1H3,(H,13,14)/b12-4-. The maximum absolute atomic E-state index is 10.5. The Bertz CT molecular complexity index is 419. The van der Waals surface area contributed by atoms with E-state index in [-0.39, 0.29) is 16.7 Å². The molecular formula is C9H8Cl2N2O2. The molecule has 6 heteroatoms. The number of carbonyl (C=O) groups excluding carboxylic acids is 1. The number of amides is 1. The molecule has 0 bridgehead atoms. The van der Waals surface area contributed by atoms with Crippen molar-refractivity contribution >= 4 is 35.3 Å². The van der Waals surface area contributed by atoms with E-state index in [1.165, 1.54) is 25.3 Å². The monoisotopic (exact) mass is 246 g/mol. The van der Waals surface area contributed by atoms with E-state index in [2.05, 4.69) is 10.5 Å². The molecule has 1 amide bonds. The van der Waals surface area contributed by atoms with Crippen molar-refractivity contribution in [2.24, 2.45) is 5.10 Å². The smallest absolute Gasteiger partial charge is 0.236 e. The number of nitrogens with zero attached hydrogens (tertiary/aromatic N) is 1. The summed E-state index contributed by atoms with van der Waals surface area (Å²) in [6, 6.07) is 2.89. The minimum atomic E-state index is -0.307. The minimum absolute atomic E-state index is 0.129. The highest BCUT2D eigenvalue weighted by Crippen LogP contribution is 2.29. The van der Waals surface area contributed by atoms with E-state index < -0.39 is 0 Å². The average Bonchev–Trinajstić information content (AvgIpc) is 2.12.